The van der Waals surface area contributed by atoms with Crippen molar-refractivity contribution < 1.29 is 4.42 Å². The van der Waals surface area contributed by atoms with Gasteiger partial charge >= 0.3 is 0 Å². The molecule has 0 unspecified atom stereocenters. The molecular weight excluding hydrogens is 669 g/mol. The fraction of sp³-hybridized carbons (Fsp3) is 0.192. The monoisotopic (exact) mass is 708 g/mol. The van der Waals surface area contributed by atoms with E-state index in [1.807, 2.05) is 0 Å². The van der Waals surface area contributed by atoms with Gasteiger partial charge in [0, 0.05) is 32.9 Å². The van der Waals surface area contributed by atoms with Gasteiger partial charge in [-0.15, -0.1) is 0 Å². The second-order valence-electron chi connectivity index (χ2n) is 16.9. The molecule has 55 heavy (non-hydrogen) atoms. The predicted molar refractivity (Wildman–Crippen MR) is 226 cm³/mol. The van der Waals surface area contributed by atoms with Crippen molar-refractivity contribution in [3.05, 3.63) is 169 Å². The number of benzene rings is 7. The first-order chi connectivity index (χ1) is 27.3. The van der Waals surface area contributed by atoms with Gasteiger partial charge in [-0.25, -0.2) is 0 Å². The summed E-state index contributed by atoms with van der Waals surface area (Å²) in [7, 11) is 0. The largest absolute Gasteiger partial charge is 0.456 e. The predicted octanol–water partition coefficient (Wildman–Crippen LogP) is 13.9. The third-order valence-corrected chi connectivity index (χ3v) is 14.3. The van der Waals surface area contributed by atoms with Crippen LogP contribution in [0.25, 0.3) is 60.6 Å². The maximum absolute atomic E-state index is 6.57. The van der Waals surface area contributed by atoms with Gasteiger partial charge < -0.3 is 13.9 Å². The second-order valence-corrected chi connectivity index (χ2v) is 16.9. The number of aromatic nitrogens is 1. The third kappa shape index (κ3) is 3.96. The van der Waals surface area contributed by atoms with Crippen molar-refractivity contribution in [3.63, 3.8) is 0 Å². The number of fused-ring (bicyclic) bond motifs is 9. The van der Waals surface area contributed by atoms with Crippen molar-refractivity contribution in [2.75, 3.05) is 4.90 Å². The Hall–Kier alpha value is -6.06. The minimum absolute atomic E-state index is 0.0741. The van der Waals surface area contributed by atoms with Crippen LogP contribution in [0.4, 0.5) is 17.1 Å². The molecular formula is C52H40N2O. The van der Waals surface area contributed by atoms with E-state index >= 15 is 0 Å². The fourth-order valence-electron chi connectivity index (χ4n) is 12.7. The van der Waals surface area contributed by atoms with E-state index in [-0.39, 0.29) is 5.41 Å². The molecule has 2 aromatic heterocycles. The first kappa shape index (κ1) is 30.3. The molecule has 1 spiro atoms. The van der Waals surface area contributed by atoms with E-state index in [1.165, 1.54) is 82.1 Å². The molecule has 5 aliphatic rings. The lowest BCUT2D eigenvalue weighted by Crippen LogP contribution is -2.55. The summed E-state index contributed by atoms with van der Waals surface area (Å²) in [5.74, 6) is 3.19. The first-order valence-electron chi connectivity index (χ1n) is 20.3. The van der Waals surface area contributed by atoms with Gasteiger partial charge in [0.25, 0.3) is 0 Å². The number of para-hydroxylation sites is 3. The highest BCUT2D eigenvalue weighted by molar-refractivity contribution is 6.19. The van der Waals surface area contributed by atoms with Crippen LogP contribution in [0.5, 0.6) is 0 Å². The number of hydrogen-bond acceptors (Lipinski definition) is 2. The third-order valence-electron chi connectivity index (χ3n) is 14.3. The minimum Gasteiger partial charge on any atom is -0.456 e. The second kappa shape index (κ2) is 11.0. The Morgan fingerprint density at radius 3 is 1.96 bits per heavy atom. The van der Waals surface area contributed by atoms with Gasteiger partial charge in [0.15, 0.2) is 0 Å². The Bertz CT molecular complexity index is 2990. The molecule has 14 rings (SSSR count). The lowest BCUT2D eigenvalue weighted by Gasteiger charge is -2.61. The lowest BCUT2D eigenvalue weighted by molar-refractivity contribution is -0.0399. The summed E-state index contributed by atoms with van der Waals surface area (Å²) in [4.78, 5) is 2.57. The van der Waals surface area contributed by atoms with Gasteiger partial charge in [0.05, 0.1) is 27.8 Å². The van der Waals surface area contributed by atoms with Gasteiger partial charge in [-0.05, 0) is 139 Å². The molecule has 2 heterocycles. The zero-order chi connectivity index (χ0) is 35.8. The molecule has 0 amide bonds. The van der Waals surface area contributed by atoms with Crippen molar-refractivity contribution in [2.45, 2.75) is 37.5 Å². The highest BCUT2D eigenvalue weighted by Gasteiger charge is 2.61. The van der Waals surface area contributed by atoms with Crippen LogP contribution in [0, 0.1) is 23.7 Å². The summed E-state index contributed by atoms with van der Waals surface area (Å²) in [6.45, 7) is 0. The highest BCUT2D eigenvalue weighted by Crippen LogP contribution is 2.69. The van der Waals surface area contributed by atoms with Crippen molar-refractivity contribution >= 4 is 60.8 Å². The molecule has 0 aliphatic heterocycles. The maximum atomic E-state index is 6.57. The van der Waals surface area contributed by atoms with Gasteiger partial charge in [-0.2, -0.15) is 0 Å². The van der Waals surface area contributed by atoms with Crippen LogP contribution in [0.3, 0.4) is 0 Å². The topological polar surface area (TPSA) is 21.3 Å². The van der Waals surface area contributed by atoms with Crippen LogP contribution in [0.15, 0.2) is 162 Å². The van der Waals surface area contributed by atoms with Crippen molar-refractivity contribution in [2.24, 2.45) is 23.7 Å². The summed E-state index contributed by atoms with van der Waals surface area (Å²) in [6.07, 6.45) is 6.93. The van der Waals surface area contributed by atoms with Gasteiger partial charge in [-0.1, -0.05) is 97.1 Å². The van der Waals surface area contributed by atoms with Crippen molar-refractivity contribution in [1.82, 2.24) is 4.57 Å². The van der Waals surface area contributed by atoms with Crippen LogP contribution >= 0.6 is 0 Å². The molecule has 3 heteroatoms. The molecule has 4 fully saturated rings. The molecule has 264 valence electrons. The number of furan rings is 1. The van der Waals surface area contributed by atoms with E-state index in [1.54, 1.807) is 11.1 Å². The zero-order valence-corrected chi connectivity index (χ0v) is 30.7. The van der Waals surface area contributed by atoms with E-state index < -0.39 is 0 Å². The molecule has 0 atom stereocenters. The standard InChI is InChI=1S/C52H40N2O/c1-2-12-36(13-3-1)53-44-18-8-5-15-40(44)50-45(53)19-10-20-46(50)54(47-21-11-23-49-51(47)41-16-6-9-22-48(41)55-49)37-24-25-39-38-14-4-7-17-42(38)52(43(39)31-37)34-27-32-26-33(29-34)30-35(52)28-32/h1-25,31-35H,26-30H2. The average Bonchev–Trinajstić information content (AvgIpc) is 3.87. The SMILES string of the molecule is c1ccc(-n2c3ccccc3c3c(N(c4ccc5c(c4)C4(c6ccccc6-5)C5CC6CC(C5)CC4C6)c4cccc5oc6ccccc6c45)cccc32)cc1. The van der Waals surface area contributed by atoms with E-state index in [9.17, 15) is 0 Å². The molecule has 3 nitrogen and oxygen atoms in total. The van der Waals surface area contributed by atoms with Crippen LogP contribution in [-0.4, -0.2) is 4.57 Å². The summed E-state index contributed by atoms with van der Waals surface area (Å²) in [6, 6.07) is 58.7. The van der Waals surface area contributed by atoms with Crippen LogP contribution in [0.1, 0.15) is 43.2 Å². The van der Waals surface area contributed by atoms with Crippen LogP contribution in [0.2, 0.25) is 0 Å². The molecule has 4 saturated carbocycles. The Labute approximate surface area is 320 Å². The summed E-state index contributed by atoms with van der Waals surface area (Å²) >= 11 is 0. The normalized spacial score (nSPS) is 23.3. The van der Waals surface area contributed by atoms with Crippen LogP contribution < -0.4 is 4.90 Å². The molecule has 0 N–H and O–H groups in total. The van der Waals surface area contributed by atoms with E-state index in [0.29, 0.717) is 11.8 Å². The number of anilines is 3. The molecule has 9 aromatic rings. The van der Waals surface area contributed by atoms with E-state index in [0.717, 1.165) is 39.5 Å². The Morgan fingerprint density at radius 2 is 1.13 bits per heavy atom. The molecule has 7 aromatic carbocycles. The Kier molecular flexibility index (Phi) is 6.06. The first-order valence-corrected chi connectivity index (χ1v) is 20.3. The van der Waals surface area contributed by atoms with Gasteiger partial charge in [0.1, 0.15) is 11.2 Å². The van der Waals surface area contributed by atoms with Crippen molar-refractivity contribution in [3.8, 4) is 16.8 Å². The molecule has 5 aliphatic carbocycles. The summed E-state index contributed by atoms with van der Waals surface area (Å²) in [5.41, 5.74) is 15.1. The zero-order valence-electron chi connectivity index (χ0n) is 30.7. The summed E-state index contributed by atoms with van der Waals surface area (Å²) in [5, 5.41) is 4.79. The quantitative estimate of drug-likeness (QED) is 0.181. The fourth-order valence-corrected chi connectivity index (χ4v) is 12.7. The highest BCUT2D eigenvalue weighted by atomic mass is 16.3. The number of nitrogens with zero attached hydrogens (tertiary/aromatic N) is 2. The van der Waals surface area contributed by atoms with E-state index in [2.05, 4.69) is 167 Å². The van der Waals surface area contributed by atoms with Gasteiger partial charge in [0.2, 0.25) is 0 Å². The maximum Gasteiger partial charge on any atom is 0.137 e. The van der Waals surface area contributed by atoms with Gasteiger partial charge in [-0.3, -0.25) is 0 Å². The molecule has 0 radical (unpaired) electrons. The Morgan fingerprint density at radius 1 is 0.491 bits per heavy atom. The van der Waals surface area contributed by atoms with Crippen molar-refractivity contribution in [1.29, 1.82) is 0 Å². The smallest absolute Gasteiger partial charge is 0.137 e. The Balaban J connectivity index is 1.13. The summed E-state index contributed by atoms with van der Waals surface area (Å²) < 4.78 is 9.01. The molecule has 4 bridgehead atoms. The molecule has 0 saturated heterocycles. The average molecular weight is 709 g/mol. The van der Waals surface area contributed by atoms with Crippen LogP contribution in [-0.2, 0) is 5.41 Å². The number of hydrogen-bond donors (Lipinski definition) is 0. The van der Waals surface area contributed by atoms with E-state index in [4.69, 9.17) is 4.42 Å². The minimum atomic E-state index is 0.0741. The lowest BCUT2D eigenvalue weighted by atomic mass is 9.43. The number of rotatable bonds is 4.